The van der Waals surface area contributed by atoms with Gasteiger partial charge in [0.2, 0.25) is 0 Å². The number of hydrogen-bond donors (Lipinski definition) is 2. The minimum atomic E-state index is -4.73. The van der Waals surface area contributed by atoms with Gasteiger partial charge in [-0.3, -0.25) is 23.4 Å². The maximum Gasteiger partial charge on any atom is 0.472 e. The van der Waals surface area contributed by atoms with Crippen LogP contribution in [0.3, 0.4) is 0 Å². The number of unbranched alkanes of at least 4 members (excludes halogenated alkanes) is 25. The summed E-state index contributed by atoms with van der Waals surface area (Å²) in [6.07, 6.45) is 45.5. The Balaban J connectivity index is 4.73. The van der Waals surface area contributed by atoms with E-state index in [1.807, 2.05) is 0 Å². The van der Waals surface area contributed by atoms with Crippen LogP contribution in [-0.4, -0.2) is 66.5 Å². The largest absolute Gasteiger partial charge is 0.472 e. The molecule has 0 aliphatic rings. The second-order valence-electron chi connectivity index (χ2n) is 17.3. The van der Waals surface area contributed by atoms with Crippen LogP contribution in [0.25, 0.3) is 0 Å². The molecule has 12 heteroatoms. The monoisotopic (exact) mass is 927 g/mol. The molecule has 3 atom stereocenters. The van der Waals surface area contributed by atoms with Crippen molar-refractivity contribution in [1.82, 2.24) is 0 Å². The SMILES string of the molecule is CC/C=C\C/C=C\C/C=C\CCCCCCCCCC(=O)OC(COC(=O)CCCCCCCCCCCCC)COP(=O)(O)OCC(CO)OC(=O)CCCCCCCCCCC. The average molecular weight is 927 g/mol. The van der Waals surface area contributed by atoms with E-state index in [9.17, 15) is 28.9 Å². The van der Waals surface area contributed by atoms with Gasteiger partial charge in [0.15, 0.2) is 6.10 Å². The van der Waals surface area contributed by atoms with E-state index in [2.05, 4.69) is 57.2 Å². The zero-order chi connectivity index (χ0) is 47.0. The molecule has 374 valence electrons. The Morgan fingerprint density at radius 2 is 0.812 bits per heavy atom. The van der Waals surface area contributed by atoms with Gasteiger partial charge in [0.05, 0.1) is 19.8 Å². The molecule has 0 heterocycles. The number of esters is 3. The topological polar surface area (TPSA) is 155 Å². The van der Waals surface area contributed by atoms with E-state index in [1.165, 1.54) is 89.9 Å². The fraction of sp³-hybridized carbons (Fsp3) is 0.827. The van der Waals surface area contributed by atoms with Gasteiger partial charge in [-0.05, 0) is 51.4 Å². The van der Waals surface area contributed by atoms with Crippen LogP contribution in [0.1, 0.15) is 239 Å². The standard InChI is InChI=1S/C52H95O11P/c1-4-7-10-13-16-19-21-22-23-24-25-26-28-31-34-37-40-43-52(56)63-49(45-59-50(54)41-38-35-32-30-27-20-17-14-11-8-5-2)47-61-64(57,58)60-46-48(44-53)62-51(55)42-39-36-33-29-18-15-12-9-6-3/h7,10,16,19,22-23,48-49,53H,4-6,8-9,11-15,17-18,20-21,24-47H2,1-3H3,(H,57,58)/b10-7-,19-16-,23-22-. The van der Waals surface area contributed by atoms with Crippen LogP contribution in [0.2, 0.25) is 0 Å². The molecule has 0 fully saturated rings. The molecule has 64 heavy (non-hydrogen) atoms. The third-order valence-corrected chi connectivity index (χ3v) is 12.0. The molecule has 0 bridgehead atoms. The Morgan fingerprint density at radius 1 is 0.453 bits per heavy atom. The van der Waals surface area contributed by atoms with E-state index in [0.29, 0.717) is 19.3 Å². The lowest BCUT2D eigenvalue weighted by Crippen LogP contribution is -2.30. The Kier molecular flexibility index (Phi) is 45.5. The summed E-state index contributed by atoms with van der Waals surface area (Å²) in [5.74, 6) is -1.47. The third kappa shape index (κ3) is 44.9. The molecule has 0 aromatic rings. The molecule has 11 nitrogen and oxygen atoms in total. The molecule has 0 aliphatic heterocycles. The van der Waals surface area contributed by atoms with Gasteiger partial charge in [0.1, 0.15) is 12.7 Å². The number of ether oxygens (including phenoxy) is 3. The first-order chi connectivity index (χ1) is 31.2. The second kappa shape index (κ2) is 47.2. The maximum absolute atomic E-state index is 12.8. The van der Waals surface area contributed by atoms with Gasteiger partial charge in [-0.1, -0.05) is 205 Å². The first-order valence-corrected chi connectivity index (χ1v) is 27.4. The Labute approximate surface area is 390 Å². The van der Waals surface area contributed by atoms with Crippen LogP contribution in [0.5, 0.6) is 0 Å². The highest BCUT2D eigenvalue weighted by Crippen LogP contribution is 2.43. The van der Waals surface area contributed by atoms with E-state index < -0.39 is 57.8 Å². The lowest BCUT2D eigenvalue weighted by Gasteiger charge is -2.21. The van der Waals surface area contributed by atoms with Crippen LogP contribution in [0.15, 0.2) is 36.5 Å². The van der Waals surface area contributed by atoms with Crippen molar-refractivity contribution in [3.8, 4) is 0 Å². The molecule has 0 spiro atoms. The van der Waals surface area contributed by atoms with Crippen molar-refractivity contribution < 1.29 is 52.2 Å². The van der Waals surface area contributed by atoms with Gasteiger partial charge in [-0.2, -0.15) is 0 Å². The lowest BCUT2D eigenvalue weighted by atomic mass is 10.1. The Hall–Kier alpha value is -2.30. The molecule has 0 aromatic heterocycles. The summed E-state index contributed by atoms with van der Waals surface area (Å²) in [5, 5.41) is 9.73. The highest BCUT2D eigenvalue weighted by molar-refractivity contribution is 7.47. The molecule has 0 saturated heterocycles. The molecular weight excluding hydrogens is 832 g/mol. The first-order valence-electron chi connectivity index (χ1n) is 25.9. The number of hydrogen-bond acceptors (Lipinski definition) is 10. The van der Waals surface area contributed by atoms with Crippen molar-refractivity contribution in [3.05, 3.63) is 36.5 Å². The predicted molar refractivity (Wildman–Crippen MR) is 261 cm³/mol. The lowest BCUT2D eigenvalue weighted by molar-refractivity contribution is -0.161. The van der Waals surface area contributed by atoms with Crippen LogP contribution in [-0.2, 0) is 42.2 Å². The van der Waals surface area contributed by atoms with Crippen molar-refractivity contribution in [2.45, 2.75) is 251 Å². The highest BCUT2D eigenvalue weighted by Gasteiger charge is 2.28. The average Bonchev–Trinajstić information content (AvgIpc) is 3.28. The molecule has 2 N–H and O–H groups in total. The summed E-state index contributed by atoms with van der Waals surface area (Å²) < 4.78 is 39.3. The predicted octanol–water partition coefficient (Wildman–Crippen LogP) is 14.5. The fourth-order valence-electron chi connectivity index (χ4n) is 7.14. The summed E-state index contributed by atoms with van der Waals surface area (Å²) in [6.45, 7) is 4.49. The van der Waals surface area contributed by atoms with Crippen molar-refractivity contribution in [1.29, 1.82) is 0 Å². The number of carbonyl (C=O) groups excluding carboxylic acids is 3. The van der Waals surface area contributed by atoms with Crippen LogP contribution < -0.4 is 0 Å². The van der Waals surface area contributed by atoms with Crippen molar-refractivity contribution >= 4 is 25.7 Å². The molecule has 0 radical (unpaired) electrons. The van der Waals surface area contributed by atoms with E-state index in [0.717, 1.165) is 89.9 Å². The first kappa shape index (κ1) is 61.7. The maximum atomic E-state index is 12.8. The quantitative estimate of drug-likeness (QED) is 0.0197. The van der Waals surface area contributed by atoms with Crippen molar-refractivity contribution in [3.63, 3.8) is 0 Å². The molecular formula is C52H95O11P. The van der Waals surface area contributed by atoms with Crippen LogP contribution in [0.4, 0.5) is 0 Å². The third-order valence-electron chi connectivity index (χ3n) is 11.1. The number of rotatable bonds is 48. The second-order valence-corrected chi connectivity index (χ2v) is 18.8. The minimum Gasteiger partial charge on any atom is -0.462 e. The Morgan fingerprint density at radius 3 is 1.25 bits per heavy atom. The van der Waals surface area contributed by atoms with E-state index in [4.69, 9.17) is 23.3 Å². The zero-order valence-electron chi connectivity index (χ0n) is 41.0. The number of phosphoric ester groups is 1. The summed E-state index contributed by atoms with van der Waals surface area (Å²) in [7, 11) is -4.73. The number of aliphatic hydroxyl groups excluding tert-OH is 1. The minimum absolute atomic E-state index is 0.160. The van der Waals surface area contributed by atoms with Crippen molar-refractivity contribution in [2.75, 3.05) is 26.4 Å². The smallest absolute Gasteiger partial charge is 0.462 e. The highest BCUT2D eigenvalue weighted by atomic mass is 31.2. The summed E-state index contributed by atoms with van der Waals surface area (Å²) in [5.41, 5.74) is 0. The number of aliphatic hydroxyl groups is 1. The molecule has 0 aromatic carbocycles. The van der Waals surface area contributed by atoms with E-state index in [1.54, 1.807) is 0 Å². The number of carbonyl (C=O) groups is 3. The van der Waals surface area contributed by atoms with Gasteiger partial charge in [-0.25, -0.2) is 4.57 Å². The summed E-state index contributed by atoms with van der Waals surface area (Å²) in [6, 6.07) is 0. The molecule has 0 saturated carbocycles. The van der Waals surface area contributed by atoms with Gasteiger partial charge in [0, 0.05) is 19.3 Å². The van der Waals surface area contributed by atoms with Crippen LogP contribution >= 0.6 is 7.82 Å². The molecule has 0 aliphatic carbocycles. The summed E-state index contributed by atoms with van der Waals surface area (Å²) in [4.78, 5) is 48.2. The molecule has 3 unspecified atom stereocenters. The summed E-state index contributed by atoms with van der Waals surface area (Å²) >= 11 is 0. The number of phosphoric acid groups is 1. The van der Waals surface area contributed by atoms with E-state index in [-0.39, 0.29) is 25.9 Å². The van der Waals surface area contributed by atoms with Gasteiger partial charge in [0.25, 0.3) is 0 Å². The Bertz CT molecular complexity index is 1220. The normalized spacial score (nSPS) is 13.8. The fourth-order valence-corrected chi connectivity index (χ4v) is 7.92. The van der Waals surface area contributed by atoms with Crippen molar-refractivity contribution in [2.24, 2.45) is 0 Å². The van der Waals surface area contributed by atoms with E-state index >= 15 is 0 Å². The molecule has 0 amide bonds. The number of allylic oxidation sites excluding steroid dienone is 6. The van der Waals surface area contributed by atoms with Gasteiger partial charge < -0.3 is 24.2 Å². The van der Waals surface area contributed by atoms with Gasteiger partial charge in [-0.15, -0.1) is 0 Å². The zero-order valence-corrected chi connectivity index (χ0v) is 41.9. The van der Waals surface area contributed by atoms with Gasteiger partial charge >= 0.3 is 25.7 Å². The van der Waals surface area contributed by atoms with Crippen LogP contribution in [0, 0.1) is 0 Å². The molecule has 0 rings (SSSR count).